The summed E-state index contributed by atoms with van der Waals surface area (Å²) in [6.45, 7) is 5.60. The van der Waals surface area contributed by atoms with Crippen LogP contribution in [0.3, 0.4) is 0 Å². The van der Waals surface area contributed by atoms with E-state index in [9.17, 15) is 14.6 Å². The molecule has 2 aliphatic rings. The Balaban J connectivity index is 1.51. The number of aliphatic hydroxyl groups is 2. The van der Waals surface area contributed by atoms with Crippen LogP contribution in [0.1, 0.15) is 61.2 Å². The van der Waals surface area contributed by atoms with Crippen LogP contribution in [0.25, 0.3) is 10.9 Å². The Hall–Kier alpha value is -2.39. The Kier molecular flexibility index (Phi) is 7.63. The molecular weight excluding hydrogens is 479 g/mol. The van der Waals surface area contributed by atoms with Crippen molar-refractivity contribution in [2.45, 2.75) is 57.5 Å². The molecule has 0 radical (unpaired) electrons. The molecule has 1 aromatic heterocycles. The molecule has 2 aromatic carbocycles. The van der Waals surface area contributed by atoms with E-state index in [-0.39, 0.29) is 29.6 Å². The number of hydrogen-bond donors (Lipinski definition) is 3. The molecule has 8 heteroatoms. The van der Waals surface area contributed by atoms with Crippen molar-refractivity contribution in [1.82, 2.24) is 14.8 Å². The van der Waals surface area contributed by atoms with E-state index >= 15 is 8.78 Å². The van der Waals surface area contributed by atoms with Crippen molar-refractivity contribution in [3.05, 3.63) is 70.4 Å². The summed E-state index contributed by atoms with van der Waals surface area (Å²) in [5.74, 6) is -1.58. The summed E-state index contributed by atoms with van der Waals surface area (Å²) in [5.41, 5.74) is 2.52. The van der Waals surface area contributed by atoms with Gasteiger partial charge in [-0.15, -0.1) is 0 Å². The fourth-order valence-corrected chi connectivity index (χ4v) is 6.07. The van der Waals surface area contributed by atoms with Gasteiger partial charge >= 0.3 is 0 Å². The van der Waals surface area contributed by atoms with Crippen LogP contribution in [0.5, 0.6) is 0 Å². The third-order valence-electron chi connectivity index (χ3n) is 8.10. The molecule has 0 unspecified atom stereocenters. The number of aliphatic hydroxyl groups excluding tert-OH is 2. The lowest BCUT2D eigenvalue weighted by Crippen LogP contribution is -2.49. The number of benzene rings is 2. The molecular formula is C29H36F3N3O2. The highest BCUT2D eigenvalue weighted by molar-refractivity contribution is 5.85. The molecule has 5 rings (SSSR count). The van der Waals surface area contributed by atoms with Crippen molar-refractivity contribution in [2.24, 2.45) is 5.92 Å². The second-order valence-corrected chi connectivity index (χ2v) is 10.7. The monoisotopic (exact) mass is 515 g/mol. The maximum Gasteiger partial charge on any atom is 0.136 e. The zero-order chi connectivity index (χ0) is 26.3. The van der Waals surface area contributed by atoms with Crippen molar-refractivity contribution in [2.75, 3.05) is 32.8 Å². The summed E-state index contributed by atoms with van der Waals surface area (Å²) in [4.78, 5) is 7.31. The van der Waals surface area contributed by atoms with Crippen LogP contribution in [-0.4, -0.2) is 70.0 Å². The van der Waals surface area contributed by atoms with E-state index in [4.69, 9.17) is 0 Å². The summed E-state index contributed by atoms with van der Waals surface area (Å²) < 4.78 is 46.1. The molecule has 0 bridgehead atoms. The second kappa shape index (κ2) is 10.8. The topological polar surface area (TPSA) is 62.7 Å². The minimum atomic E-state index is -1.54. The molecule has 0 amide bonds. The number of H-pyrrole nitrogens is 1. The van der Waals surface area contributed by atoms with Crippen LogP contribution >= 0.6 is 0 Å². The molecule has 0 spiro atoms. The highest BCUT2D eigenvalue weighted by Crippen LogP contribution is 2.43. The Bertz CT molecular complexity index is 1220. The molecule has 200 valence electrons. The van der Waals surface area contributed by atoms with Crippen LogP contribution < -0.4 is 0 Å². The SMILES string of the molecule is CCCCN1CC([C@@H](O)c2cc(F)c([C@@H]3c4[nH]c5ccccc5c4C[C@@H](C)N3C[C@@H](F)CO)c(F)c2)C1. The molecule has 5 nitrogen and oxygen atoms in total. The minimum Gasteiger partial charge on any atom is -0.393 e. The number of likely N-dealkylation sites (tertiary alicyclic amines) is 1. The van der Waals surface area contributed by atoms with Gasteiger partial charge in [-0.1, -0.05) is 31.5 Å². The fraction of sp³-hybridized carbons (Fsp3) is 0.517. The van der Waals surface area contributed by atoms with Crippen LogP contribution in [0, 0.1) is 17.6 Å². The number of nitrogens with zero attached hydrogens (tertiary/aromatic N) is 2. The number of aromatic amines is 1. The highest BCUT2D eigenvalue weighted by Gasteiger charge is 2.40. The van der Waals surface area contributed by atoms with Gasteiger partial charge < -0.3 is 20.1 Å². The number of alkyl halides is 1. The third kappa shape index (κ3) is 4.92. The zero-order valence-electron chi connectivity index (χ0n) is 21.4. The van der Waals surface area contributed by atoms with Gasteiger partial charge in [0.1, 0.15) is 17.8 Å². The first-order chi connectivity index (χ1) is 17.8. The van der Waals surface area contributed by atoms with E-state index in [1.807, 2.05) is 31.2 Å². The smallest absolute Gasteiger partial charge is 0.136 e. The Labute approximate surface area is 215 Å². The van der Waals surface area contributed by atoms with Crippen LogP contribution in [0.2, 0.25) is 0 Å². The Morgan fingerprint density at radius 2 is 1.84 bits per heavy atom. The third-order valence-corrected chi connectivity index (χ3v) is 8.10. The first-order valence-electron chi connectivity index (χ1n) is 13.3. The van der Waals surface area contributed by atoms with E-state index < -0.39 is 36.6 Å². The lowest BCUT2D eigenvalue weighted by molar-refractivity contribution is -0.00583. The maximum atomic E-state index is 15.8. The average Bonchev–Trinajstić information content (AvgIpc) is 3.22. The standard InChI is InChI=1S/C29H36F3N3O2/c1-3-4-9-34-13-19(14-34)29(37)18-11-23(31)26(24(32)12-18)28-27-22(21-7-5-6-8-25(21)33-27)10-17(2)35(28)15-20(30)16-36/h5-8,11-12,17,19-20,28-29,33,36-37H,3-4,9-10,13-16H2,1-2H3/t17-,20-,28-,29+/m1/s1. The average molecular weight is 516 g/mol. The number of hydrogen-bond acceptors (Lipinski definition) is 4. The first kappa shape index (κ1) is 26.2. The van der Waals surface area contributed by atoms with Crippen LogP contribution in [0.4, 0.5) is 13.2 Å². The van der Waals surface area contributed by atoms with Crippen molar-refractivity contribution in [3.63, 3.8) is 0 Å². The summed E-state index contributed by atoms with van der Waals surface area (Å²) in [6.07, 6.45) is 0.272. The summed E-state index contributed by atoms with van der Waals surface area (Å²) in [5, 5.41) is 21.2. The largest absolute Gasteiger partial charge is 0.393 e. The van der Waals surface area contributed by atoms with Crippen molar-refractivity contribution in [3.8, 4) is 0 Å². The highest BCUT2D eigenvalue weighted by atomic mass is 19.1. The number of aromatic nitrogens is 1. The molecule has 1 fully saturated rings. The van der Waals surface area contributed by atoms with E-state index in [1.165, 1.54) is 12.1 Å². The predicted molar refractivity (Wildman–Crippen MR) is 138 cm³/mol. The molecule has 3 aromatic rings. The minimum absolute atomic E-state index is 0.0649. The molecule has 4 atom stereocenters. The van der Waals surface area contributed by atoms with E-state index in [0.29, 0.717) is 25.2 Å². The lowest BCUT2D eigenvalue weighted by Gasteiger charge is -2.42. The summed E-state index contributed by atoms with van der Waals surface area (Å²) in [6, 6.07) is 9.07. The van der Waals surface area contributed by atoms with E-state index in [2.05, 4.69) is 16.8 Å². The molecule has 0 saturated carbocycles. The van der Waals surface area contributed by atoms with Crippen LogP contribution in [0.15, 0.2) is 36.4 Å². The summed E-state index contributed by atoms with van der Waals surface area (Å²) >= 11 is 0. The molecule has 0 aliphatic carbocycles. The predicted octanol–water partition coefficient (Wildman–Crippen LogP) is 4.88. The first-order valence-corrected chi connectivity index (χ1v) is 13.3. The summed E-state index contributed by atoms with van der Waals surface area (Å²) in [7, 11) is 0. The van der Waals surface area contributed by atoms with Gasteiger partial charge in [-0.05, 0) is 55.6 Å². The Morgan fingerprint density at radius 3 is 2.51 bits per heavy atom. The number of para-hydroxylation sites is 1. The van der Waals surface area contributed by atoms with Crippen molar-refractivity contribution in [1.29, 1.82) is 0 Å². The van der Waals surface area contributed by atoms with Crippen molar-refractivity contribution < 1.29 is 23.4 Å². The quantitative estimate of drug-likeness (QED) is 0.380. The number of rotatable bonds is 9. The molecule has 37 heavy (non-hydrogen) atoms. The number of unbranched alkanes of at least 4 members (excludes halogenated alkanes) is 1. The van der Waals surface area contributed by atoms with Gasteiger partial charge in [0.15, 0.2) is 0 Å². The van der Waals surface area contributed by atoms with Gasteiger partial charge in [-0.3, -0.25) is 4.90 Å². The van der Waals surface area contributed by atoms with Crippen molar-refractivity contribution >= 4 is 10.9 Å². The zero-order valence-corrected chi connectivity index (χ0v) is 21.4. The van der Waals surface area contributed by atoms with E-state index in [1.54, 1.807) is 4.90 Å². The van der Waals surface area contributed by atoms with Gasteiger partial charge in [0, 0.05) is 53.8 Å². The normalized spacial score (nSPS) is 22.7. The number of fused-ring (bicyclic) bond motifs is 3. The molecule has 3 N–H and O–H groups in total. The van der Waals surface area contributed by atoms with Gasteiger partial charge in [0.2, 0.25) is 0 Å². The van der Waals surface area contributed by atoms with E-state index in [0.717, 1.165) is 35.9 Å². The van der Waals surface area contributed by atoms with Gasteiger partial charge in [0.05, 0.1) is 18.8 Å². The lowest BCUT2D eigenvalue weighted by atomic mass is 9.85. The molecule has 2 aliphatic heterocycles. The molecule has 1 saturated heterocycles. The number of nitrogens with one attached hydrogen (secondary N) is 1. The van der Waals surface area contributed by atoms with Gasteiger partial charge in [0.25, 0.3) is 0 Å². The Morgan fingerprint density at radius 1 is 1.14 bits per heavy atom. The second-order valence-electron chi connectivity index (χ2n) is 10.7. The van der Waals surface area contributed by atoms with Crippen LogP contribution in [-0.2, 0) is 6.42 Å². The maximum absolute atomic E-state index is 15.8. The van der Waals surface area contributed by atoms with Gasteiger partial charge in [-0.25, -0.2) is 13.2 Å². The number of halogens is 3. The van der Waals surface area contributed by atoms with Gasteiger partial charge in [-0.2, -0.15) is 0 Å². The fourth-order valence-electron chi connectivity index (χ4n) is 6.07. The molecule has 3 heterocycles.